The maximum atomic E-state index is 11.4. The third-order valence-corrected chi connectivity index (χ3v) is 5.35. The van der Waals surface area contributed by atoms with Gasteiger partial charge in [0.25, 0.3) is 0 Å². The summed E-state index contributed by atoms with van der Waals surface area (Å²) in [6, 6.07) is 8.63. The van der Waals surface area contributed by atoms with E-state index in [1.54, 1.807) is 24.3 Å². The van der Waals surface area contributed by atoms with Gasteiger partial charge in [0.1, 0.15) is 4.48 Å². The predicted molar refractivity (Wildman–Crippen MR) is 91.5 cm³/mol. The molecule has 0 saturated carbocycles. The van der Waals surface area contributed by atoms with Gasteiger partial charge in [-0.05, 0) is 33.1 Å². The Bertz CT molecular complexity index is 815. The van der Waals surface area contributed by atoms with E-state index in [0.717, 1.165) is 0 Å². The van der Waals surface area contributed by atoms with Crippen LogP contribution in [0.1, 0.15) is 11.1 Å². The van der Waals surface area contributed by atoms with Crippen molar-refractivity contribution in [3.8, 4) is 6.07 Å². The largest absolute Gasteiger partial charge is 0.411 e. The lowest BCUT2D eigenvalue weighted by Crippen LogP contribution is -2.51. The van der Waals surface area contributed by atoms with E-state index in [0.29, 0.717) is 16.7 Å². The minimum absolute atomic E-state index is 0.0252. The van der Waals surface area contributed by atoms with Crippen molar-refractivity contribution in [1.82, 2.24) is 0 Å². The maximum absolute atomic E-state index is 11.4. The zero-order valence-corrected chi connectivity index (χ0v) is 14.9. The molecule has 2 rings (SSSR count). The van der Waals surface area contributed by atoms with E-state index in [1.165, 1.54) is 12.3 Å². The molecule has 0 aliphatic heterocycles. The first-order chi connectivity index (χ1) is 11.4. The van der Waals surface area contributed by atoms with Gasteiger partial charge in [-0.3, -0.25) is 10.1 Å². The van der Waals surface area contributed by atoms with Crippen molar-refractivity contribution in [2.45, 2.75) is 10.6 Å². The monoisotopic (exact) mass is 457 g/mol. The zero-order valence-electron chi connectivity index (χ0n) is 11.8. The molecule has 0 spiro atoms. The Labute approximate surface area is 152 Å². The molecule has 0 amide bonds. The van der Waals surface area contributed by atoms with Gasteiger partial charge in [-0.2, -0.15) is 10.1 Å². The Morgan fingerprint density at radius 1 is 1.50 bits per heavy atom. The summed E-state index contributed by atoms with van der Waals surface area (Å²) in [6.07, 6.45) is 2.50. The summed E-state index contributed by atoms with van der Waals surface area (Å²) < 4.78 is -0.0888. The van der Waals surface area contributed by atoms with Gasteiger partial charge in [-0.25, -0.2) is 5.26 Å². The van der Waals surface area contributed by atoms with E-state index >= 15 is 0 Å². The van der Waals surface area contributed by atoms with E-state index in [-0.39, 0.29) is 10.1 Å². The maximum Gasteiger partial charge on any atom is 0.400 e. The van der Waals surface area contributed by atoms with Gasteiger partial charge in [0, 0.05) is 5.56 Å². The number of hydrogen-bond acceptors (Lipinski definition) is 7. The molecule has 8 nitrogen and oxygen atoms in total. The topological polar surface area (TPSA) is 129 Å². The summed E-state index contributed by atoms with van der Waals surface area (Å²) in [4.78, 5) is 13.5. The number of hydrogen-bond donors (Lipinski definition) is 2. The highest BCUT2D eigenvalue weighted by molar-refractivity contribution is 9.12. The normalized spacial score (nSPS) is 23.9. The first-order valence-corrected chi connectivity index (χ1v) is 8.04. The zero-order chi connectivity index (χ0) is 17.9. The molecule has 0 bridgehead atoms. The summed E-state index contributed by atoms with van der Waals surface area (Å²) in [5, 5.41) is 41.8. The third kappa shape index (κ3) is 2.76. The first-order valence-electron chi connectivity index (χ1n) is 6.34. The van der Waals surface area contributed by atoms with Gasteiger partial charge in [-0.15, -0.1) is 0 Å². The van der Waals surface area contributed by atoms with Gasteiger partial charge in [0.2, 0.25) is 0 Å². The van der Waals surface area contributed by atoms with Crippen molar-refractivity contribution in [2.24, 2.45) is 5.16 Å². The Morgan fingerprint density at radius 3 is 2.71 bits per heavy atom. The van der Waals surface area contributed by atoms with E-state index in [4.69, 9.17) is 10.5 Å². The molecule has 124 valence electrons. The standard InChI is InChI=1S/C14H9Br2N3O5/c15-12-5-10(9-4-2-1-3-8(9)7-18-20)11(6-17)13(16)14(12,24-23)19(21)22/h1-5,7,13,20,23H. The second-order valence-electron chi connectivity index (χ2n) is 4.67. The number of nitrogens with zero attached hydrogens (tertiary/aromatic N) is 3. The van der Waals surface area contributed by atoms with Crippen LogP contribution in [0.25, 0.3) is 5.57 Å². The second kappa shape index (κ2) is 7.23. The van der Waals surface area contributed by atoms with Crippen molar-refractivity contribution in [2.75, 3.05) is 0 Å². The van der Waals surface area contributed by atoms with Gasteiger partial charge in [-0.1, -0.05) is 45.4 Å². The Balaban J connectivity index is 2.76. The molecule has 0 saturated heterocycles. The van der Waals surface area contributed by atoms with Crippen molar-refractivity contribution in [1.29, 1.82) is 5.26 Å². The molecule has 2 N–H and O–H groups in total. The molecule has 0 heterocycles. The van der Waals surface area contributed by atoms with Crippen LogP contribution in [0.15, 0.2) is 45.6 Å². The molecule has 2 unspecified atom stereocenters. The number of oxime groups is 1. The summed E-state index contributed by atoms with van der Waals surface area (Å²) in [5.74, 6) is 0. The fourth-order valence-electron chi connectivity index (χ4n) is 2.32. The van der Waals surface area contributed by atoms with Crippen molar-refractivity contribution in [3.63, 3.8) is 0 Å². The van der Waals surface area contributed by atoms with Gasteiger partial charge < -0.3 is 5.21 Å². The summed E-state index contributed by atoms with van der Waals surface area (Å²) in [6.45, 7) is 0. The number of rotatable bonds is 4. The fraction of sp³-hybridized carbons (Fsp3) is 0.143. The molecule has 0 aromatic heterocycles. The third-order valence-electron chi connectivity index (χ3n) is 3.48. The lowest BCUT2D eigenvalue weighted by atomic mass is 9.87. The molecule has 1 aliphatic carbocycles. The number of allylic oxidation sites excluding steroid dienone is 2. The van der Waals surface area contributed by atoms with Crippen LogP contribution in [0.5, 0.6) is 0 Å². The van der Waals surface area contributed by atoms with Gasteiger partial charge in [0.05, 0.1) is 22.8 Å². The molecule has 0 radical (unpaired) electrons. The SMILES string of the molecule is N#CC1=C(c2ccccc2C=NO)C=C(Br)C(OO)([N+](=O)[O-])C1Br. The number of nitriles is 1. The van der Waals surface area contributed by atoms with Crippen LogP contribution in [0.3, 0.4) is 0 Å². The van der Waals surface area contributed by atoms with Crippen LogP contribution in [-0.4, -0.2) is 32.2 Å². The van der Waals surface area contributed by atoms with E-state index in [2.05, 4.69) is 41.9 Å². The quantitative estimate of drug-likeness (QED) is 0.135. The first kappa shape index (κ1) is 18.3. The minimum Gasteiger partial charge on any atom is -0.411 e. The molecule has 1 aliphatic rings. The van der Waals surface area contributed by atoms with Crippen molar-refractivity contribution >= 4 is 43.6 Å². The number of benzene rings is 1. The van der Waals surface area contributed by atoms with E-state index in [1.807, 2.05) is 6.07 Å². The van der Waals surface area contributed by atoms with Crippen LogP contribution >= 0.6 is 31.9 Å². The van der Waals surface area contributed by atoms with Crippen LogP contribution in [0.4, 0.5) is 0 Å². The predicted octanol–water partition coefficient (Wildman–Crippen LogP) is 3.29. The second-order valence-corrected chi connectivity index (χ2v) is 6.44. The molecule has 0 fully saturated rings. The number of halogens is 2. The summed E-state index contributed by atoms with van der Waals surface area (Å²) in [5.41, 5.74) is -1.03. The highest BCUT2D eigenvalue weighted by Crippen LogP contribution is 2.45. The average molecular weight is 459 g/mol. The molecular formula is C14H9Br2N3O5. The van der Waals surface area contributed by atoms with Crippen molar-refractivity contribution in [3.05, 3.63) is 61.6 Å². The van der Waals surface area contributed by atoms with E-state index in [9.17, 15) is 15.4 Å². The molecule has 1 aromatic rings. The smallest absolute Gasteiger partial charge is 0.400 e. The highest BCUT2D eigenvalue weighted by atomic mass is 79.9. The van der Waals surface area contributed by atoms with Crippen LogP contribution in [0, 0.1) is 21.4 Å². The summed E-state index contributed by atoms with van der Waals surface area (Å²) in [7, 11) is 0. The lowest BCUT2D eigenvalue weighted by molar-refractivity contribution is -0.652. The van der Waals surface area contributed by atoms with Crippen LogP contribution in [-0.2, 0) is 4.89 Å². The van der Waals surface area contributed by atoms with Crippen molar-refractivity contribution < 1.29 is 20.3 Å². The van der Waals surface area contributed by atoms with E-state index < -0.39 is 15.5 Å². The van der Waals surface area contributed by atoms with Gasteiger partial charge >= 0.3 is 5.72 Å². The Kier molecular flexibility index (Phi) is 5.51. The van der Waals surface area contributed by atoms with Crippen LogP contribution < -0.4 is 0 Å². The molecule has 24 heavy (non-hydrogen) atoms. The molecule has 2 atom stereocenters. The lowest BCUT2D eigenvalue weighted by Gasteiger charge is -2.30. The molecule has 1 aromatic carbocycles. The fourth-order valence-corrected chi connectivity index (χ4v) is 4.15. The van der Waals surface area contributed by atoms with Crippen LogP contribution in [0.2, 0.25) is 0 Å². The Hall–Kier alpha value is -2.06. The molecular weight excluding hydrogens is 450 g/mol. The number of alkyl halides is 1. The molecule has 10 heteroatoms. The Morgan fingerprint density at radius 2 is 2.17 bits per heavy atom. The minimum atomic E-state index is -2.38. The highest BCUT2D eigenvalue weighted by Gasteiger charge is 2.59. The number of nitro groups is 1. The average Bonchev–Trinajstić information content (AvgIpc) is 2.56. The van der Waals surface area contributed by atoms with Gasteiger partial charge in [0.15, 0.2) is 4.83 Å². The summed E-state index contributed by atoms with van der Waals surface area (Å²) >= 11 is 6.13.